The number of hydrogen-bond acceptors (Lipinski definition) is 4. The molecule has 19 heavy (non-hydrogen) atoms. The maximum Gasteiger partial charge on any atom is 0.119 e. The number of rotatable bonds is 5. The molecule has 4 heteroatoms. The van der Waals surface area contributed by atoms with Gasteiger partial charge in [0.1, 0.15) is 11.2 Å². The van der Waals surface area contributed by atoms with E-state index in [-0.39, 0.29) is 0 Å². The number of benzene rings is 1. The molecule has 1 saturated heterocycles. The molecular weight excluding hydrogens is 242 g/mol. The van der Waals surface area contributed by atoms with Gasteiger partial charge in [-0.25, -0.2) is 0 Å². The smallest absolute Gasteiger partial charge is 0.119 e. The lowest BCUT2D eigenvalue weighted by atomic mass is 9.79. The summed E-state index contributed by atoms with van der Waals surface area (Å²) in [6.07, 6.45) is 0.707. The molecule has 4 nitrogen and oxygen atoms in total. The zero-order chi connectivity index (χ0) is 13.7. The van der Waals surface area contributed by atoms with Crippen LogP contribution in [0.5, 0.6) is 5.75 Å². The van der Waals surface area contributed by atoms with Crippen molar-refractivity contribution in [1.29, 1.82) is 5.26 Å². The molecule has 1 aromatic rings. The largest absolute Gasteiger partial charge is 0.494 e. The van der Waals surface area contributed by atoms with Crippen LogP contribution in [0.15, 0.2) is 24.3 Å². The van der Waals surface area contributed by atoms with Crippen LogP contribution in [0, 0.1) is 16.7 Å². The molecular formula is C15H19NO3. The summed E-state index contributed by atoms with van der Waals surface area (Å²) in [5, 5.41) is 19.7. The molecule has 1 aromatic carbocycles. The third-order valence-electron chi connectivity index (χ3n) is 3.47. The Morgan fingerprint density at radius 2 is 2.21 bits per heavy atom. The van der Waals surface area contributed by atoms with Crippen molar-refractivity contribution in [3.05, 3.63) is 29.8 Å². The van der Waals surface area contributed by atoms with E-state index >= 15 is 0 Å². The minimum atomic E-state index is -0.819. The van der Waals surface area contributed by atoms with E-state index < -0.39 is 11.5 Å². The molecule has 1 aliphatic heterocycles. The second-order valence-corrected chi connectivity index (χ2v) is 4.89. The summed E-state index contributed by atoms with van der Waals surface area (Å²) in [5.41, 5.74) is -0.0814. The molecule has 2 unspecified atom stereocenters. The highest BCUT2D eigenvalue weighted by Crippen LogP contribution is 2.40. The Morgan fingerprint density at radius 1 is 1.47 bits per heavy atom. The number of nitrogens with zero attached hydrogens (tertiary/aromatic N) is 1. The number of ether oxygens (including phenoxy) is 2. The first-order valence-electron chi connectivity index (χ1n) is 6.61. The first-order valence-corrected chi connectivity index (χ1v) is 6.61. The van der Waals surface area contributed by atoms with Gasteiger partial charge in [-0.2, -0.15) is 5.26 Å². The van der Waals surface area contributed by atoms with Crippen LogP contribution in [0.4, 0.5) is 0 Å². The lowest BCUT2D eigenvalue weighted by molar-refractivity contribution is 0.0504. The van der Waals surface area contributed by atoms with Gasteiger partial charge in [-0.05, 0) is 30.5 Å². The van der Waals surface area contributed by atoms with Gasteiger partial charge in [0.05, 0.1) is 25.4 Å². The third-order valence-corrected chi connectivity index (χ3v) is 3.47. The Kier molecular flexibility index (Phi) is 4.41. The first kappa shape index (κ1) is 13.9. The SMILES string of the molecule is CCCOc1ccc(C(O)C2(C#N)CCOC2)cc1. The summed E-state index contributed by atoms with van der Waals surface area (Å²) in [7, 11) is 0. The highest BCUT2D eigenvalue weighted by molar-refractivity contribution is 5.31. The molecule has 2 rings (SSSR count). The van der Waals surface area contributed by atoms with Crippen molar-refractivity contribution in [2.24, 2.45) is 5.41 Å². The molecule has 0 aromatic heterocycles. The zero-order valence-electron chi connectivity index (χ0n) is 11.1. The van der Waals surface area contributed by atoms with Crippen molar-refractivity contribution < 1.29 is 14.6 Å². The Balaban J connectivity index is 2.11. The zero-order valence-corrected chi connectivity index (χ0v) is 11.1. The van der Waals surface area contributed by atoms with Gasteiger partial charge in [-0.3, -0.25) is 0 Å². The molecule has 2 atom stereocenters. The minimum absolute atomic E-state index is 0.290. The summed E-state index contributed by atoms with van der Waals surface area (Å²) in [6.45, 7) is 3.55. The van der Waals surface area contributed by atoms with Crippen molar-refractivity contribution in [3.8, 4) is 11.8 Å². The van der Waals surface area contributed by atoms with Crippen LogP contribution in [0.2, 0.25) is 0 Å². The van der Waals surface area contributed by atoms with E-state index in [1.807, 2.05) is 24.3 Å². The Labute approximate surface area is 113 Å². The average molecular weight is 261 g/mol. The predicted octanol–water partition coefficient (Wildman–Crippen LogP) is 2.44. The van der Waals surface area contributed by atoms with Crippen molar-refractivity contribution in [3.63, 3.8) is 0 Å². The fourth-order valence-electron chi connectivity index (χ4n) is 2.23. The highest BCUT2D eigenvalue weighted by atomic mass is 16.5. The molecule has 0 saturated carbocycles. The van der Waals surface area contributed by atoms with Gasteiger partial charge in [0.15, 0.2) is 0 Å². The van der Waals surface area contributed by atoms with Crippen LogP contribution in [-0.2, 0) is 4.74 Å². The minimum Gasteiger partial charge on any atom is -0.494 e. The van der Waals surface area contributed by atoms with Crippen molar-refractivity contribution >= 4 is 0 Å². The summed E-state index contributed by atoms with van der Waals surface area (Å²) in [6, 6.07) is 9.50. The van der Waals surface area contributed by atoms with Gasteiger partial charge in [-0.1, -0.05) is 19.1 Å². The number of aliphatic hydroxyl groups is 1. The van der Waals surface area contributed by atoms with Crippen molar-refractivity contribution in [1.82, 2.24) is 0 Å². The van der Waals surface area contributed by atoms with Gasteiger partial charge in [0.2, 0.25) is 0 Å². The molecule has 1 N–H and O–H groups in total. The molecule has 0 bridgehead atoms. The normalized spacial score (nSPS) is 23.8. The Hall–Kier alpha value is -1.57. The van der Waals surface area contributed by atoms with E-state index in [0.29, 0.717) is 26.2 Å². The Bertz CT molecular complexity index is 443. The molecule has 0 radical (unpaired) electrons. The number of aliphatic hydroxyl groups excluding tert-OH is 1. The first-order chi connectivity index (χ1) is 9.22. The molecule has 1 heterocycles. The fourth-order valence-corrected chi connectivity index (χ4v) is 2.23. The van der Waals surface area contributed by atoms with Crippen LogP contribution in [0.25, 0.3) is 0 Å². The lowest BCUT2D eigenvalue weighted by Crippen LogP contribution is -2.27. The average Bonchev–Trinajstić information content (AvgIpc) is 2.95. The maximum atomic E-state index is 10.4. The van der Waals surface area contributed by atoms with Crippen LogP contribution in [0.3, 0.4) is 0 Å². The van der Waals surface area contributed by atoms with Gasteiger partial charge < -0.3 is 14.6 Å². The molecule has 0 spiro atoms. The summed E-state index contributed by atoms with van der Waals surface area (Å²) >= 11 is 0. The number of nitriles is 1. The standard InChI is InChI=1S/C15H19NO3/c1-2-8-19-13-5-3-12(4-6-13)14(17)15(10-16)7-9-18-11-15/h3-6,14,17H,2,7-9,11H2,1H3. The molecule has 0 aliphatic carbocycles. The van der Waals surface area contributed by atoms with Gasteiger partial charge in [-0.15, -0.1) is 0 Å². The summed E-state index contributed by atoms with van der Waals surface area (Å²) < 4.78 is 10.8. The quantitative estimate of drug-likeness (QED) is 0.884. The monoisotopic (exact) mass is 261 g/mol. The molecule has 1 aliphatic rings. The van der Waals surface area contributed by atoms with E-state index in [1.54, 1.807) is 0 Å². The van der Waals surface area contributed by atoms with Crippen molar-refractivity contribution in [2.45, 2.75) is 25.9 Å². The van der Waals surface area contributed by atoms with E-state index in [0.717, 1.165) is 17.7 Å². The van der Waals surface area contributed by atoms with E-state index in [4.69, 9.17) is 9.47 Å². The molecule has 102 valence electrons. The van der Waals surface area contributed by atoms with Crippen LogP contribution < -0.4 is 4.74 Å². The maximum absolute atomic E-state index is 10.4. The van der Waals surface area contributed by atoms with E-state index in [1.165, 1.54) is 0 Å². The third kappa shape index (κ3) is 2.89. The predicted molar refractivity (Wildman–Crippen MR) is 70.7 cm³/mol. The van der Waals surface area contributed by atoms with Crippen LogP contribution >= 0.6 is 0 Å². The van der Waals surface area contributed by atoms with E-state index in [9.17, 15) is 10.4 Å². The fraction of sp³-hybridized carbons (Fsp3) is 0.533. The van der Waals surface area contributed by atoms with Gasteiger partial charge in [0.25, 0.3) is 0 Å². The molecule has 1 fully saturated rings. The summed E-state index contributed by atoms with van der Waals surface area (Å²) in [4.78, 5) is 0. The van der Waals surface area contributed by atoms with Crippen molar-refractivity contribution in [2.75, 3.05) is 19.8 Å². The second-order valence-electron chi connectivity index (χ2n) is 4.89. The van der Waals surface area contributed by atoms with Crippen LogP contribution in [-0.4, -0.2) is 24.9 Å². The topological polar surface area (TPSA) is 62.5 Å². The van der Waals surface area contributed by atoms with Crippen LogP contribution in [0.1, 0.15) is 31.4 Å². The van der Waals surface area contributed by atoms with Gasteiger partial charge >= 0.3 is 0 Å². The summed E-state index contributed by atoms with van der Waals surface area (Å²) in [5.74, 6) is 0.784. The second kappa shape index (κ2) is 6.05. The lowest BCUT2D eigenvalue weighted by Gasteiger charge is -2.25. The highest BCUT2D eigenvalue weighted by Gasteiger charge is 2.42. The Morgan fingerprint density at radius 3 is 2.74 bits per heavy atom. The van der Waals surface area contributed by atoms with Gasteiger partial charge in [0, 0.05) is 6.61 Å². The number of hydrogen-bond donors (Lipinski definition) is 1. The van der Waals surface area contributed by atoms with E-state index in [2.05, 4.69) is 13.0 Å². The molecule has 0 amide bonds.